The lowest BCUT2D eigenvalue weighted by molar-refractivity contribution is -0.385. The van der Waals surface area contributed by atoms with Gasteiger partial charge in [0.1, 0.15) is 5.75 Å². The van der Waals surface area contributed by atoms with Crippen LogP contribution >= 0.6 is 15.9 Å². The first kappa shape index (κ1) is 20.6. The average Bonchev–Trinajstić information content (AvgIpc) is 2.64. The number of carbonyl (C=O) groups is 1. The van der Waals surface area contributed by atoms with E-state index in [2.05, 4.69) is 26.5 Å². The zero-order valence-corrected chi connectivity index (χ0v) is 16.6. The Labute approximate surface area is 165 Å². The Morgan fingerprint density at radius 2 is 2.11 bits per heavy atom. The summed E-state index contributed by atoms with van der Waals surface area (Å²) in [6.45, 7) is 4.04. The van der Waals surface area contributed by atoms with Gasteiger partial charge >= 0.3 is 0 Å². The molecule has 2 aromatic rings. The molecule has 1 amide bonds. The van der Waals surface area contributed by atoms with Gasteiger partial charge in [-0.3, -0.25) is 14.9 Å². The Morgan fingerprint density at radius 1 is 1.37 bits per heavy atom. The second-order valence-electron chi connectivity index (χ2n) is 5.88. The molecule has 0 saturated carbocycles. The third-order valence-electron chi connectivity index (χ3n) is 3.80. The second-order valence-corrected chi connectivity index (χ2v) is 6.74. The molecule has 0 radical (unpaired) electrons. The fraction of sp³-hybridized carbons (Fsp3) is 0.263. The van der Waals surface area contributed by atoms with Crippen LogP contribution < -0.4 is 10.2 Å². The molecule has 8 heteroatoms. The van der Waals surface area contributed by atoms with Crippen molar-refractivity contribution in [1.29, 1.82) is 0 Å². The lowest BCUT2D eigenvalue weighted by atomic mass is 10.1. The molecule has 1 atom stereocenters. The Hall–Kier alpha value is -2.74. The molecule has 0 unspecified atom stereocenters. The van der Waals surface area contributed by atoms with Crippen LogP contribution in [-0.4, -0.2) is 23.1 Å². The maximum absolute atomic E-state index is 12.0. The van der Waals surface area contributed by atoms with E-state index in [0.29, 0.717) is 5.56 Å². The van der Waals surface area contributed by atoms with E-state index in [1.165, 1.54) is 12.3 Å². The number of ether oxygens (including phenoxy) is 1. The molecule has 1 N–H and O–H groups in total. The monoisotopic (exact) mass is 433 g/mol. The predicted molar refractivity (Wildman–Crippen MR) is 107 cm³/mol. The number of nitro benzene ring substituents is 1. The van der Waals surface area contributed by atoms with E-state index in [1.54, 1.807) is 18.2 Å². The van der Waals surface area contributed by atoms with Gasteiger partial charge < -0.3 is 4.74 Å². The molecule has 0 aliphatic carbocycles. The van der Waals surface area contributed by atoms with E-state index in [-0.39, 0.29) is 18.2 Å². The maximum atomic E-state index is 12.0. The molecule has 2 rings (SSSR count). The van der Waals surface area contributed by atoms with Crippen LogP contribution in [0.4, 0.5) is 5.69 Å². The van der Waals surface area contributed by atoms with Crippen molar-refractivity contribution < 1.29 is 14.5 Å². The van der Waals surface area contributed by atoms with Crippen molar-refractivity contribution in [1.82, 2.24) is 5.43 Å². The SMILES string of the molecule is CC[C@@H](C)Oc1ccc(/C=N/NC(=O)Cc2ccccc2[N+](=O)[O-])cc1Br. The van der Waals surface area contributed by atoms with E-state index < -0.39 is 10.8 Å². The predicted octanol–water partition coefficient (Wildman–Crippen LogP) is 4.23. The fourth-order valence-corrected chi connectivity index (χ4v) is 2.71. The van der Waals surface area contributed by atoms with Gasteiger partial charge in [-0.25, -0.2) is 5.43 Å². The van der Waals surface area contributed by atoms with Gasteiger partial charge in [-0.2, -0.15) is 5.10 Å². The number of nitro groups is 1. The highest BCUT2D eigenvalue weighted by Crippen LogP contribution is 2.26. The van der Waals surface area contributed by atoms with Gasteiger partial charge in [0.15, 0.2) is 0 Å². The first-order valence-corrected chi connectivity index (χ1v) is 9.20. The minimum atomic E-state index is -0.508. The highest BCUT2D eigenvalue weighted by atomic mass is 79.9. The van der Waals surface area contributed by atoms with Crippen LogP contribution in [-0.2, 0) is 11.2 Å². The summed E-state index contributed by atoms with van der Waals surface area (Å²) in [5, 5.41) is 14.9. The fourth-order valence-electron chi connectivity index (χ4n) is 2.22. The smallest absolute Gasteiger partial charge is 0.273 e. The van der Waals surface area contributed by atoms with Crippen LogP contribution in [0.1, 0.15) is 31.4 Å². The zero-order valence-electron chi connectivity index (χ0n) is 15.0. The lowest BCUT2D eigenvalue weighted by Crippen LogP contribution is -2.20. The number of amides is 1. The van der Waals surface area contributed by atoms with Crippen LogP contribution in [0.3, 0.4) is 0 Å². The van der Waals surface area contributed by atoms with Gasteiger partial charge in [0.2, 0.25) is 5.91 Å². The van der Waals surface area contributed by atoms with Crippen LogP contribution in [0.5, 0.6) is 5.75 Å². The third-order valence-corrected chi connectivity index (χ3v) is 4.42. The molecule has 27 heavy (non-hydrogen) atoms. The van der Waals surface area contributed by atoms with Crippen molar-refractivity contribution in [2.24, 2.45) is 5.10 Å². The van der Waals surface area contributed by atoms with Gasteiger partial charge in [-0.15, -0.1) is 0 Å². The largest absolute Gasteiger partial charge is 0.490 e. The average molecular weight is 434 g/mol. The molecular weight excluding hydrogens is 414 g/mol. The number of hydrogen-bond acceptors (Lipinski definition) is 5. The van der Waals surface area contributed by atoms with Crippen molar-refractivity contribution in [2.45, 2.75) is 32.8 Å². The summed E-state index contributed by atoms with van der Waals surface area (Å²) in [6, 6.07) is 11.6. The maximum Gasteiger partial charge on any atom is 0.273 e. The number of benzene rings is 2. The first-order valence-electron chi connectivity index (χ1n) is 8.41. The number of nitrogens with zero attached hydrogens (tertiary/aromatic N) is 2. The van der Waals surface area contributed by atoms with E-state index in [9.17, 15) is 14.9 Å². The molecule has 0 saturated heterocycles. The number of halogens is 1. The quantitative estimate of drug-likeness (QED) is 0.382. The van der Waals surface area contributed by atoms with Gasteiger partial charge in [0, 0.05) is 11.6 Å². The summed E-state index contributed by atoms with van der Waals surface area (Å²) in [7, 11) is 0. The summed E-state index contributed by atoms with van der Waals surface area (Å²) in [5.41, 5.74) is 3.40. The molecule has 0 aliphatic rings. The van der Waals surface area contributed by atoms with Gasteiger partial charge in [-0.1, -0.05) is 25.1 Å². The van der Waals surface area contributed by atoms with Crippen molar-refractivity contribution in [3.05, 3.63) is 68.2 Å². The van der Waals surface area contributed by atoms with Crippen LogP contribution in [0.25, 0.3) is 0 Å². The number of para-hydroxylation sites is 1. The van der Waals surface area contributed by atoms with Crippen molar-refractivity contribution in [3.63, 3.8) is 0 Å². The van der Waals surface area contributed by atoms with E-state index >= 15 is 0 Å². The minimum Gasteiger partial charge on any atom is -0.490 e. The number of nitrogens with one attached hydrogen (secondary N) is 1. The number of rotatable bonds is 8. The molecule has 7 nitrogen and oxygen atoms in total. The lowest BCUT2D eigenvalue weighted by Gasteiger charge is -2.14. The van der Waals surface area contributed by atoms with Crippen LogP contribution in [0, 0.1) is 10.1 Å². The molecule has 142 valence electrons. The summed E-state index contributed by atoms with van der Waals surface area (Å²) in [6.07, 6.45) is 2.39. The second kappa shape index (κ2) is 9.82. The molecule has 0 heterocycles. The molecule has 0 aliphatic heterocycles. The molecule has 0 aromatic heterocycles. The van der Waals surface area contributed by atoms with Crippen molar-refractivity contribution >= 4 is 33.7 Å². The van der Waals surface area contributed by atoms with E-state index in [4.69, 9.17) is 4.74 Å². The highest BCUT2D eigenvalue weighted by molar-refractivity contribution is 9.10. The Morgan fingerprint density at radius 3 is 2.78 bits per heavy atom. The van der Waals surface area contributed by atoms with Crippen molar-refractivity contribution in [2.75, 3.05) is 0 Å². The number of hydrazone groups is 1. The highest BCUT2D eigenvalue weighted by Gasteiger charge is 2.15. The zero-order chi connectivity index (χ0) is 19.8. The van der Waals surface area contributed by atoms with Crippen molar-refractivity contribution in [3.8, 4) is 5.75 Å². The Bertz CT molecular complexity index is 855. The summed E-state index contributed by atoms with van der Waals surface area (Å²) in [5.74, 6) is 0.304. The molecule has 0 bridgehead atoms. The van der Waals surface area contributed by atoms with Gasteiger partial charge in [0.05, 0.1) is 28.1 Å². The van der Waals surface area contributed by atoms with Crippen LogP contribution in [0.2, 0.25) is 0 Å². The third kappa shape index (κ3) is 6.18. The van der Waals surface area contributed by atoms with Gasteiger partial charge in [0.25, 0.3) is 5.69 Å². The molecule has 0 spiro atoms. The molecule has 0 fully saturated rings. The number of carbonyl (C=O) groups excluding carboxylic acids is 1. The molecular formula is C19H20BrN3O4. The van der Waals surface area contributed by atoms with Crippen LogP contribution in [0.15, 0.2) is 52.0 Å². The number of hydrogen-bond donors (Lipinski definition) is 1. The summed E-state index contributed by atoms with van der Waals surface area (Å²) < 4.78 is 6.56. The summed E-state index contributed by atoms with van der Waals surface area (Å²) >= 11 is 3.45. The van der Waals surface area contributed by atoms with E-state index in [0.717, 1.165) is 22.2 Å². The normalized spacial score (nSPS) is 12.0. The minimum absolute atomic E-state index is 0.0857. The topological polar surface area (TPSA) is 93.8 Å². The first-order chi connectivity index (χ1) is 12.9. The van der Waals surface area contributed by atoms with E-state index in [1.807, 2.05) is 32.0 Å². The standard InChI is InChI=1S/C19H20BrN3O4/c1-3-13(2)27-18-9-8-14(10-16(18)20)12-21-22-19(24)11-15-6-4-5-7-17(15)23(25)26/h4-10,12-13H,3,11H2,1-2H3,(H,22,24)/b21-12+/t13-/m1/s1. The Balaban J connectivity index is 1.96. The Kier molecular flexibility index (Phi) is 7.48. The summed E-state index contributed by atoms with van der Waals surface area (Å²) in [4.78, 5) is 22.4. The van der Waals surface area contributed by atoms with Gasteiger partial charge in [-0.05, 0) is 53.0 Å². The molecule has 2 aromatic carbocycles.